The number of aromatic nitrogens is 1. The zero-order valence-electron chi connectivity index (χ0n) is 7.77. The molecule has 0 atom stereocenters. The van der Waals surface area contributed by atoms with Crippen LogP contribution < -0.4 is 5.32 Å². The molecule has 2 N–H and O–H groups in total. The highest BCUT2D eigenvalue weighted by atomic mass is 16.1. The van der Waals surface area contributed by atoms with Gasteiger partial charge in [-0.05, 0) is 19.4 Å². The highest BCUT2D eigenvalue weighted by molar-refractivity contribution is 5.95. The van der Waals surface area contributed by atoms with Crippen molar-refractivity contribution in [2.24, 2.45) is 0 Å². The molecule has 0 aliphatic rings. The number of hydrogen-bond acceptors (Lipinski definition) is 1. The van der Waals surface area contributed by atoms with Crippen LogP contribution in [0.15, 0.2) is 12.4 Å². The van der Waals surface area contributed by atoms with Crippen LogP contribution >= 0.6 is 0 Å². The van der Waals surface area contributed by atoms with Crippen LogP contribution in [0.2, 0.25) is 0 Å². The highest BCUT2D eigenvalue weighted by Gasteiger charge is 2.07. The van der Waals surface area contributed by atoms with Crippen molar-refractivity contribution in [3.63, 3.8) is 0 Å². The molecule has 1 aromatic heterocycles. The van der Waals surface area contributed by atoms with Crippen molar-refractivity contribution in [2.45, 2.75) is 13.8 Å². The number of carbonyl (C=O) groups is 1. The Bertz CT molecular complexity index is 354. The van der Waals surface area contributed by atoms with Crippen LogP contribution in [0.4, 0.5) is 0 Å². The van der Waals surface area contributed by atoms with Gasteiger partial charge in [-0.25, -0.2) is 0 Å². The standard InChI is InChI=1S/C10H12N2O/c1-3-4-5-12-10(13)9-7-11-6-8(9)2/h6-7,11H,5H2,1-2H3,(H,12,13). The van der Waals surface area contributed by atoms with Crippen LogP contribution in [0.3, 0.4) is 0 Å². The van der Waals surface area contributed by atoms with Crippen LogP contribution in [0.5, 0.6) is 0 Å². The quantitative estimate of drug-likeness (QED) is 0.650. The van der Waals surface area contributed by atoms with E-state index in [1.807, 2.05) is 6.92 Å². The average Bonchev–Trinajstić information content (AvgIpc) is 2.52. The maximum Gasteiger partial charge on any atom is 0.253 e. The number of nitrogens with one attached hydrogen (secondary N) is 2. The van der Waals surface area contributed by atoms with Gasteiger partial charge in [-0.3, -0.25) is 4.79 Å². The van der Waals surface area contributed by atoms with Crippen LogP contribution in [-0.4, -0.2) is 17.4 Å². The molecule has 0 spiro atoms. The minimum absolute atomic E-state index is 0.0819. The van der Waals surface area contributed by atoms with E-state index in [0.717, 1.165) is 5.56 Å². The molecule has 0 radical (unpaired) electrons. The third-order valence-electron chi connectivity index (χ3n) is 1.71. The molecule has 3 heteroatoms. The van der Waals surface area contributed by atoms with Crippen molar-refractivity contribution < 1.29 is 4.79 Å². The minimum atomic E-state index is -0.0819. The van der Waals surface area contributed by atoms with Gasteiger partial charge < -0.3 is 10.3 Å². The summed E-state index contributed by atoms with van der Waals surface area (Å²) in [5, 5.41) is 2.69. The van der Waals surface area contributed by atoms with Crippen LogP contribution in [0, 0.1) is 18.8 Å². The number of aromatic amines is 1. The number of aryl methyl sites for hydroxylation is 1. The van der Waals surface area contributed by atoms with Gasteiger partial charge in [0.05, 0.1) is 12.1 Å². The molecule has 0 aliphatic carbocycles. The van der Waals surface area contributed by atoms with E-state index in [-0.39, 0.29) is 5.91 Å². The number of carbonyl (C=O) groups excluding carboxylic acids is 1. The van der Waals surface area contributed by atoms with Gasteiger partial charge in [0.1, 0.15) is 0 Å². The van der Waals surface area contributed by atoms with E-state index in [1.165, 1.54) is 0 Å². The smallest absolute Gasteiger partial charge is 0.253 e. The molecule has 0 unspecified atom stereocenters. The fourth-order valence-corrected chi connectivity index (χ4v) is 0.994. The second kappa shape index (κ2) is 4.36. The predicted molar refractivity (Wildman–Crippen MR) is 51.3 cm³/mol. The van der Waals surface area contributed by atoms with Gasteiger partial charge in [0.15, 0.2) is 0 Å². The Morgan fingerprint density at radius 1 is 1.62 bits per heavy atom. The average molecular weight is 176 g/mol. The van der Waals surface area contributed by atoms with Gasteiger partial charge in [0.2, 0.25) is 0 Å². The maximum absolute atomic E-state index is 11.4. The Kier molecular flexibility index (Phi) is 3.15. The Morgan fingerprint density at radius 2 is 2.38 bits per heavy atom. The van der Waals surface area contributed by atoms with Gasteiger partial charge in [-0.2, -0.15) is 0 Å². The molecule has 0 saturated carbocycles. The second-order valence-electron chi connectivity index (χ2n) is 2.66. The molecule has 0 bridgehead atoms. The lowest BCUT2D eigenvalue weighted by atomic mass is 10.2. The zero-order valence-corrected chi connectivity index (χ0v) is 7.77. The molecule has 1 aromatic rings. The van der Waals surface area contributed by atoms with Crippen molar-refractivity contribution in [2.75, 3.05) is 6.54 Å². The van der Waals surface area contributed by atoms with E-state index in [4.69, 9.17) is 0 Å². The first-order valence-corrected chi connectivity index (χ1v) is 4.07. The van der Waals surface area contributed by atoms with Crippen LogP contribution in [0.25, 0.3) is 0 Å². The van der Waals surface area contributed by atoms with Crippen molar-refractivity contribution in [1.82, 2.24) is 10.3 Å². The Hall–Kier alpha value is -1.69. The third kappa shape index (κ3) is 2.38. The Labute approximate surface area is 77.5 Å². The maximum atomic E-state index is 11.4. The van der Waals surface area contributed by atoms with E-state index >= 15 is 0 Å². The number of hydrogen-bond donors (Lipinski definition) is 2. The summed E-state index contributed by atoms with van der Waals surface area (Å²) in [6.07, 6.45) is 3.48. The molecular weight excluding hydrogens is 164 g/mol. The van der Waals surface area contributed by atoms with Crippen molar-refractivity contribution >= 4 is 5.91 Å². The monoisotopic (exact) mass is 176 g/mol. The molecule has 13 heavy (non-hydrogen) atoms. The lowest BCUT2D eigenvalue weighted by Crippen LogP contribution is -2.23. The molecule has 1 rings (SSSR count). The van der Waals surface area contributed by atoms with Gasteiger partial charge in [0.25, 0.3) is 5.91 Å². The number of H-pyrrole nitrogens is 1. The fourth-order valence-electron chi connectivity index (χ4n) is 0.994. The molecule has 1 heterocycles. The molecule has 1 amide bonds. The first-order valence-electron chi connectivity index (χ1n) is 4.07. The van der Waals surface area contributed by atoms with Gasteiger partial charge in [-0.15, -0.1) is 5.92 Å². The summed E-state index contributed by atoms with van der Waals surface area (Å²) in [6.45, 7) is 4.03. The summed E-state index contributed by atoms with van der Waals surface area (Å²) in [5.41, 5.74) is 1.62. The Morgan fingerprint density at radius 3 is 2.92 bits per heavy atom. The summed E-state index contributed by atoms with van der Waals surface area (Å²) in [6, 6.07) is 0. The summed E-state index contributed by atoms with van der Waals surface area (Å²) in [4.78, 5) is 14.3. The van der Waals surface area contributed by atoms with Crippen molar-refractivity contribution in [1.29, 1.82) is 0 Å². The van der Waals surface area contributed by atoms with E-state index in [9.17, 15) is 4.79 Å². The largest absolute Gasteiger partial charge is 0.367 e. The van der Waals surface area contributed by atoms with Crippen LogP contribution in [0.1, 0.15) is 22.8 Å². The van der Waals surface area contributed by atoms with E-state index in [2.05, 4.69) is 22.1 Å². The Balaban J connectivity index is 2.57. The summed E-state index contributed by atoms with van der Waals surface area (Å²) in [7, 11) is 0. The van der Waals surface area contributed by atoms with Crippen molar-refractivity contribution in [3.8, 4) is 11.8 Å². The number of rotatable bonds is 2. The molecule has 68 valence electrons. The summed E-state index contributed by atoms with van der Waals surface area (Å²) in [5.74, 6) is 5.40. The van der Waals surface area contributed by atoms with Crippen LogP contribution in [-0.2, 0) is 0 Å². The topological polar surface area (TPSA) is 44.9 Å². The lowest BCUT2D eigenvalue weighted by Gasteiger charge is -1.98. The normalized spacial score (nSPS) is 8.77. The third-order valence-corrected chi connectivity index (χ3v) is 1.71. The predicted octanol–water partition coefficient (Wildman–Crippen LogP) is 1.08. The van der Waals surface area contributed by atoms with E-state index in [1.54, 1.807) is 19.3 Å². The lowest BCUT2D eigenvalue weighted by molar-refractivity contribution is 0.0958. The van der Waals surface area contributed by atoms with E-state index < -0.39 is 0 Å². The molecule has 0 fully saturated rings. The first kappa shape index (κ1) is 9.40. The number of amides is 1. The van der Waals surface area contributed by atoms with E-state index in [0.29, 0.717) is 12.1 Å². The second-order valence-corrected chi connectivity index (χ2v) is 2.66. The van der Waals surface area contributed by atoms with Gasteiger partial charge in [0, 0.05) is 12.4 Å². The van der Waals surface area contributed by atoms with Gasteiger partial charge >= 0.3 is 0 Å². The molecule has 0 aliphatic heterocycles. The molecular formula is C10H12N2O. The molecule has 3 nitrogen and oxygen atoms in total. The minimum Gasteiger partial charge on any atom is -0.367 e. The SMILES string of the molecule is CC#CCNC(=O)c1c[nH]cc1C. The zero-order chi connectivity index (χ0) is 9.68. The van der Waals surface area contributed by atoms with Crippen molar-refractivity contribution in [3.05, 3.63) is 23.5 Å². The fraction of sp³-hybridized carbons (Fsp3) is 0.300. The highest BCUT2D eigenvalue weighted by Crippen LogP contribution is 2.04. The van der Waals surface area contributed by atoms with Gasteiger partial charge in [-0.1, -0.05) is 5.92 Å². The molecule has 0 aromatic carbocycles. The summed E-state index contributed by atoms with van der Waals surface area (Å²) >= 11 is 0. The summed E-state index contributed by atoms with van der Waals surface area (Å²) < 4.78 is 0. The first-order chi connectivity index (χ1) is 6.25. The molecule has 0 saturated heterocycles.